The number of amides is 1. The minimum absolute atomic E-state index is 0.0433. The van der Waals surface area contributed by atoms with Gasteiger partial charge in [-0.15, -0.1) is 0 Å². The van der Waals surface area contributed by atoms with E-state index in [1.807, 2.05) is 38.1 Å². The van der Waals surface area contributed by atoms with Crippen LogP contribution in [0.2, 0.25) is 0 Å². The van der Waals surface area contributed by atoms with E-state index >= 15 is 0 Å². The molecule has 0 bridgehead atoms. The molecule has 0 unspecified atom stereocenters. The Labute approximate surface area is 91.3 Å². The second kappa shape index (κ2) is 4.34. The summed E-state index contributed by atoms with van der Waals surface area (Å²) in [6.45, 7) is 2.00. The van der Waals surface area contributed by atoms with E-state index in [0.717, 1.165) is 16.8 Å². The lowest BCUT2D eigenvalue weighted by atomic mass is 10.1. The average molecular weight is 206 g/mol. The zero-order chi connectivity index (χ0) is 11.6. The van der Waals surface area contributed by atoms with Gasteiger partial charge in [-0.3, -0.25) is 4.79 Å². The highest BCUT2D eigenvalue weighted by atomic mass is 16.2. The molecule has 82 valence electrons. The van der Waals surface area contributed by atoms with Crippen molar-refractivity contribution in [2.24, 2.45) is 0 Å². The lowest BCUT2D eigenvalue weighted by molar-refractivity contribution is 0.0827. The topological polar surface area (TPSA) is 23.6 Å². The molecule has 0 N–H and O–H groups in total. The van der Waals surface area contributed by atoms with Gasteiger partial charge in [0.05, 0.1) is 0 Å². The molecule has 0 aromatic heterocycles. The molecule has 3 nitrogen and oxygen atoms in total. The van der Waals surface area contributed by atoms with Crippen LogP contribution in [0, 0.1) is 6.92 Å². The third kappa shape index (κ3) is 2.72. The van der Waals surface area contributed by atoms with Gasteiger partial charge in [0.25, 0.3) is 5.91 Å². The van der Waals surface area contributed by atoms with Crippen molar-refractivity contribution in [1.29, 1.82) is 0 Å². The molecule has 0 atom stereocenters. The number of benzene rings is 1. The minimum Gasteiger partial charge on any atom is -0.378 e. The molecule has 0 aliphatic carbocycles. The summed E-state index contributed by atoms with van der Waals surface area (Å²) >= 11 is 0. The zero-order valence-corrected chi connectivity index (χ0v) is 10.0. The van der Waals surface area contributed by atoms with Crippen LogP contribution >= 0.6 is 0 Å². The molecule has 1 amide bonds. The van der Waals surface area contributed by atoms with Crippen LogP contribution in [0.1, 0.15) is 15.9 Å². The lowest BCUT2D eigenvalue weighted by Gasteiger charge is -2.16. The molecule has 0 aliphatic heterocycles. The van der Waals surface area contributed by atoms with Gasteiger partial charge in [0.2, 0.25) is 0 Å². The summed E-state index contributed by atoms with van der Waals surface area (Å²) in [5, 5.41) is 0. The number of carbonyl (C=O) groups excluding carboxylic acids is 1. The molecule has 0 radical (unpaired) electrons. The van der Waals surface area contributed by atoms with Gasteiger partial charge >= 0.3 is 0 Å². The Balaban J connectivity index is 3.14. The van der Waals surface area contributed by atoms with Gasteiger partial charge in [-0.05, 0) is 30.7 Å². The van der Waals surface area contributed by atoms with E-state index in [1.54, 1.807) is 19.0 Å². The highest BCUT2D eigenvalue weighted by molar-refractivity contribution is 5.95. The fourth-order valence-corrected chi connectivity index (χ4v) is 1.40. The minimum atomic E-state index is 0.0433. The van der Waals surface area contributed by atoms with Crippen LogP contribution in [-0.4, -0.2) is 39.0 Å². The zero-order valence-electron chi connectivity index (χ0n) is 10.0. The predicted molar refractivity (Wildman–Crippen MR) is 63.5 cm³/mol. The van der Waals surface area contributed by atoms with Crippen LogP contribution in [0.15, 0.2) is 18.2 Å². The highest BCUT2D eigenvalue weighted by Crippen LogP contribution is 2.17. The van der Waals surface area contributed by atoms with Crippen molar-refractivity contribution in [3.05, 3.63) is 29.3 Å². The molecule has 3 heteroatoms. The smallest absolute Gasteiger partial charge is 0.253 e. The molecule has 1 aromatic rings. The van der Waals surface area contributed by atoms with Gasteiger partial charge in [0.1, 0.15) is 0 Å². The molecular weight excluding hydrogens is 188 g/mol. The Hall–Kier alpha value is -1.51. The fraction of sp³-hybridized carbons (Fsp3) is 0.417. The van der Waals surface area contributed by atoms with Gasteiger partial charge in [-0.25, -0.2) is 0 Å². The predicted octanol–water partition coefficient (Wildman–Crippen LogP) is 1.76. The molecule has 0 saturated carbocycles. The first-order valence-corrected chi connectivity index (χ1v) is 4.92. The van der Waals surface area contributed by atoms with Crippen LogP contribution in [0.25, 0.3) is 0 Å². The van der Waals surface area contributed by atoms with E-state index in [2.05, 4.69) is 6.07 Å². The number of aryl methyl sites for hydroxylation is 1. The average Bonchev–Trinajstić information content (AvgIpc) is 2.15. The van der Waals surface area contributed by atoms with E-state index < -0.39 is 0 Å². The summed E-state index contributed by atoms with van der Waals surface area (Å²) in [7, 11) is 7.47. The second-order valence-corrected chi connectivity index (χ2v) is 4.15. The quantitative estimate of drug-likeness (QED) is 0.736. The first-order valence-electron chi connectivity index (χ1n) is 4.92. The number of carbonyl (C=O) groups is 1. The summed E-state index contributed by atoms with van der Waals surface area (Å²) in [4.78, 5) is 15.4. The summed E-state index contributed by atoms with van der Waals surface area (Å²) in [6.07, 6.45) is 0. The van der Waals surface area contributed by atoms with E-state index in [1.165, 1.54) is 0 Å². The number of hydrogen-bond acceptors (Lipinski definition) is 2. The van der Waals surface area contributed by atoms with E-state index in [-0.39, 0.29) is 5.91 Å². The molecule has 0 saturated heterocycles. The molecule has 0 aliphatic rings. The largest absolute Gasteiger partial charge is 0.378 e. The van der Waals surface area contributed by atoms with Gasteiger partial charge < -0.3 is 9.80 Å². The van der Waals surface area contributed by atoms with Crippen LogP contribution in [-0.2, 0) is 0 Å². The third-order valence-electron chi connectivity index (χ3n) is 2.23. The molecule has 0 spiro atoms. The Bertz CT molecular complexity index is 370. The SMILES string of the molecule is Cc1cc(C(=O)N(C)C)cc(N(C)C)c1. The number of hydrogen-bond donors (Lipinski definition) is 0. The van der Waals surface area contributed by atoms with Crippen molar-refractivity contribution < 1.29 is 4.79 Å². The molecule has 1 aromatic carbocycles. The van der Waals surface area contributed by atoms with E-state index in [4.69, 9.17) is 0 Å². The number of nitrogens with zero attached hydrogens (tertiary/aromatic N) is 2. The maximum atomic E-state index is 11.8. The Kier molecular flexibility index (Phi) is 3.35. The number of rotatable bonds is 2. The van der Waals surface area contributed by atoms with Crippen LogP contribution in [0.5, 0.6) is 0 Å². The van der Waals surface area contributed by atoms with Gasteiger partial charge in [0, 0.05) is 39.4 Å². The monoisotopic (exact) mass is 206 g/mol. The first-order chi connectivity index (χ1) is 6.91. The highest BCUT2D eigenvalue weighted by Gasteiger charge is 2.09. The van der Waals surface area contributed by atoms with Crippen molar-refractivity contribution in [2.75, 3.05) is 33.1 Å². The van der Waals surface area contributed by atoms with E-state index in [9.17, 15) is 4.79 Å². The molecular formula is C12H18N2O. The Morgan fingerprint density at radius 3 is 2.13 bits per heavy atom. The molecule has 0 fully saturated rings. The molecule has 0 heterocycles. The molecule has 1 rings (SSSR count). The third-order valence-corrected chi connectivity index (χ3v) is 2.23. The fourth-order valence-electron chi connectivity index (χ4n) is 1.40. The van der Waals surface area contributed by atoms with Crippen LogP contribution in [0.4, 0.5) is 5.69 Å². The van der Waals surface area contributed by atoms with Gasteiger partial charge in [-0.1, -0.05) is 0 Å². The summed E-state index contributed by atoms with van der Waals surface area (Å²) in [5.74, 6) is 0.0433. The standard InChI is InChI=1S/C12H18N2O/c1-9-6-10(12(15)14(4)5)8-11(7-9)13(2)3/h6-8H,1-5H3. The van der Waals surface area contributed by atoms with Gasteiger partial charge in [0.15, 0.2) is 0 Å². The maximum Gasteiger partial charge on any atom is 0.253 e. The van der Waals surface area contributed by atoms with Crippen LogP contribution in [0.3, 0.4) is 0 Å². The van der Waals surface area contributed by atoms with E-state index in [0.29, 0.717) is 0 Å². The second-order valence-electron chi connectivity index (χ2n) is 4.15. The summed E-state index contributed by atoms with van der Waals surface area (Å²) < 4.78 is 0. The Morgan fingerprint density at radius 2 is 1.67 bits per heavy atom. The lowest BCUT2D eigenvalue weighted by Crippen LogP contribution is -2.22. The summed E-state index contributed by atoms with van der Waals surface area (Å²) in [6, 6.07) is 5.89. The van der Waals surface area contributed by atoms with Crippen molar-refractivity contribution in [3.8, 4) is 0 Å². The summed E-state index contributed by atoms with van der Waals surface area (Å²) in [5.41, 5.74) is 2.90. The first kappa shape index (κ1) is 11.6. The van der Waals surface area contributed by atoms with Crippen LogP contribution < -0.4 is 4.90 Å². The van der Waals surface area contributed by atoms with Crippen molar-refractivity contribution in [3.63, 3.8) is 0 Å². The molecule has 15 heavy (non-hydrogen) atoms. The Morgan fingerprint density at radius 1 is 1.07 bits per heavy atom. The maximum absolute atomic E-state index is 11.8. The normalized spacial score (nSPS) is 9.93. The number of anilines is 1. The van der Waals surface area contributed by atoms with Crippen molar-refractivity contribution >= 4 is 11.6 Å². The van der Waals surface area contributed by atoms with Crippen molar-refractivity contribution in [1.82, 2.24) is 4.90 Å². The van der Waals surface area contributed by atoms with Gasteiger partial charge in [-0.2, -0.15) is 0 Å². The van der Waals surface area contributed by atoms with Crippen molar-refractivity contribution in [2.45, 2.75) is 6.92 Å².